The average molecular weight is 212 g/mol. The first-order chi connectivity index (χ1) is 7.77. The number of rotatable bonds is 2. The van der Waals surface area contributed by atoms with Crippen molar-refractivity contribution in [2.75, 3.05) is 0 Å². The standard InChI is InChI=1S/C15H16O/c1-12(2)14-10-6-7-11-15(14)16-13-8-4-3-5-9-13/h3-11,15H,1-2H3. The van der Waals surface area contributed by atoms with Gasteiger partial charge >= 0.3 is 0 Å². The third-order valence-electron chi connectivity index (χ3n) is 2.56. The Labute approximate surface area is 96.8 Å². The van der Waals surface area contributed by atoms with Crippen LogP contribution in [0.2, 0.25) is 0 Å². The largest absolute Gasteiger partial charge is 0.482 e. The molecule has 82 valence electrons. The summed E-state index contributed by atoms with van der Waals surface area (Å²) in [5, 5.41) is 0. The molecule has 1 aromatic rings. The van der Waals surface area contributed by atoms with Gasteiger partial charge in [0.25, 0.3) is 0 Å². The van der Waals surface area contributed by atoms with Gasteiger partial charge in [-0.1, -0.05) is 42.0 Å². The van der Waals surface area contributed by atoms with Gasteiger partial charge in [0.15, 0.2) is 0 Å². The molecule has 1 aliphatic rings. The van der Waals surface area contributed by atoms with Crippen LogP contribution < -0.4 is 4.74 Å². The van der Waals surface area contributed by atoms with Gasteiger partial charge in [0.1, 0.15) is 11.9 Å². The van der Waals surface area contributed by atoms with Crippen LogP contribution in [0.5, 0.6) is 5.75 Å². The molecule has 0 saturated heterocycles. The Morgan fingerprint density at radius 2 is 1.81 bits per heavy atom. The third-order valence-corrected chi connectivity index (χ3v) is 2.56. The van der Waals surface area contributed by atoms with E-state index in [1.165, 1.54) is 11.1 Å². The minimum atomic E-state index is 0.0393. The van der Waals surface area contributed by atoms with Crippen molar-refractivity contribution in [2.24, 2.45) is 0 Å². The fourth-order valence-electron chi connectivity index (χ4n) is 1.72. The number of ether oxygens (including phenoxy) is 1. The summed E-state index contributed by atoms with van der Waals surface area (Å²) in [7, 11) is 0. The second-order valence-corrected chi connectivity index (χ2v) is 4.05. The smallest absolute Gasteiger partial charge is 0.142 e. The van der Waals surface area contributed by atoms with Crippen LogP contribution in [0.3, 0.4) is 0 Å². The molecule has 0 amide bonds. The van der Waals surface area contributed by atoms with E-state index in [1.807, 2.05) is 42.5 Å². The summed E-state index contributed by atoms with van der Waals surface area (Å²) >= 11 is 0. The van der Waals surface area contributed by atoms with Gasteiger partial charge in [-0.15, -0.1) is 0 Å². The lowest BCUT2D eigenvalue weighted by Crippen LogP contribution is -2.18. The summed E-state index contributed by atoms with van der Waals surface area (Å²) in [5.74, 6) is 0.909. The third kappa shape index (κ3) is 2.43. The molecule has 1 nitrogen and oxygen atoms in total. The first kappa shape index (κ1) is 10.7. The van der Waals surface area contributed by atoms with Crippen molar-refractivity contribution in [1.82, 2.24) is 0 Å². The molecule has 1 atom stereocenters. The molecular weight excluding hydrogens is 196 g/mol. The highest BCUT2D eigenvalue weighted by Gasteiger charge is 2.13. The van der Waals surface area contributed by atoms with Crippen LogP contribution >= 0.6 is 0 Å². The van der Waals surface area contributed by atoms with Crippen LogP contribution in [0.4, 0.5) is 0 Å². The lowest BCUT2D eigenvalue weighted by atomic mass is 10.0. The zero-order valence-electron chi connectivity index (χ0n) is 9.68. The van der Waals surface area contributed by atoms with Gasteiger partial charge in [-0.3, -0.25) is 0 Å². The maximum atomic E-state index is 5.93. The summed E-state index contributed by atoms with van der Waals surface area (Å²) in [4.78, 5) is 0. The van der Waals surface area contributed by atoms with Crippen LogP contribution in [-0.4, -0.2) is 6.10 Å². The van der Waals surface area contributed by atoms with E-state index in [1.54, 1.807) is 0 Å². The van der Waals surface area contributed by atoms with Gasteiger partial charge < -0.3 is 4.74 Å². The summed E-state index contributed by atoms with van der Waals surface area (Å²) in [6, 6.07) is 9.93. The molecule has 16 heavy (non-hydrogen) atoms. The molecule has 0 radical (unpaired) electrons. The van der Waals surface area contributed by atoms with Gasteiger partial charge in [-0.05, 0) is 37.6 Å². The van der Waals surface area contributed by atoms with Crippen molar-refractivity contribution in [2.45, 2.75) is 20.0 Å². The van der Waals surface area contributed by atoms with Crippen molar-refractivity contribution < 1.29 is 4.74 Å². The minimum Gasteiger partial charge on any atom is -0.482 e. The molecule has 0 N–H and O–H groups in total. The van der Waals surface area contributed by atoms with Gasteiger partial charge in [-0.2, -0.15) is 0 Å². The SMILES string of the molecule is CC(C)=C1C=CC=CC1Oc1ccccc1. The number of hydrogen-bond acceptors (Lipinski definition) is 1. The Morgan fingerprint density at radius 3 is 2.50 bits per heavy atom. The van der Waals surface area contributed by atoms with E-state index in [0.717, 1.165) is 5.75 Å². The predicted molar refractivity (Wildman–Crippen MR) is 67.5 cm³/mol. The van der Waals surface area contributed by atoms with Crippen LogP contribution in [0, 0.1) is 0 Å². The van der Waals surface area contributed by atoms with E-state index in [-0.39, 0.29) is 6.10 Å². The summed E-state index contributed by atoms with van der Waals surface area (Å²) in [6.07, 6.45) is 8.31. The highest BCUT2D eigenvalue weighted by atomic mass is 16.5. The van der Waals surface area contributed by atoms with Gasteiger partial charge in [0, 0.05) is 0 Å². The van der Waals surface area contributed by atoms with Gasteiger partial charge in [0.05, 0.1) is 0 Å². The van der Waals surface area contributed by atoms with Crippen molar-refractivity contribution in [3.63, 3.8) is 0 Å². The van der Waals surface area contributed by atoms with Gasteiger partial charge in [0.2, 0.25) is 0 Å². The quantitative estimate of drug-likeness (QED) is 0.722. The molecule has 0 spiro atoms. The fourth-order valence-corrected chi connectivity index (χ4v) is 1.72. The molecule has 0 aromatic heterocycles. The molecule has 0 fully saturated rings. The summed E-state index contributed by atoms with van der Waals surface area (Å²) in [5.41, 5.74) is 2.54. The van der Waals surface area contributed by atoms with E-state index < -0.39 is 0 Å². The van der Waals surface area contributed by atoms with Gasteiger partial charge in [-0.25, -0.2) is 0 Å². The van der Waals surface area contributed by atoms with Crippen molar-refractivity contribution >= 4 is 0 Å². The monoisotopic (exact) mass is 212 g/mol. The zero-order chi connectivity index (χ0) is 11.4. The first-order valence-electron chi connectivity index (χ1n) is 5.51. The summed E-state index contributed by atoms with van der Waals surface area (Å²) < 4.78 is 5.93. The molecule has 0 heterocycles. The van der Waals surface area contributed by atoms with Crippen molar-refractivity contribution in [1.29, 1.82) is 0 Å². The van der Waals surface area contributed by atoms with E-state index in [9.17, 15) is 0 Å². The number of benzene rings is 1. The molecular formula is C15H16O. The summed E-state index contributed by atoms with van der Waals surface area (Å²) in [6.45, 7) is 4.22. The Kier molecular flexibility index (Phi) is 3.25. The van der Waals surface area contributed by atoms with E-state index in [2.05, 4.69) is 26.0 Å². The molecule has 1 aromatic carbocycles. The molecule has 0 saturated carbocycles. The lowest BCUT2D eigenvalue weighted by Gasteiger charge is -2.20. The van der Waals surface area contributed by atoms with Crippen LogP contribution in [0.15, 0.2) is 65.8 Å². The van der Waals surface area contributed by atoms with Crippen LogP contribution in [0.1, 0.15) is 13.8 Å². The van der Waals surface area contributed by atoms with E-state index in [0.29, 0.717) is 0 Å². The molecule has 1 aliphatic carbocycles. The second kappa shape index (κ2) is 4.84. The van der Waals surface area contributed by atoms with Crippen LogP contribution in [0.25, 0.3) is 0 Å². The molecule has 1 heteroatoms. The number of para-hydroxylation sites is 1. The Bertz CT molecular complexity index is 434. The normalized spacial score (nSPS) is 18.6. The average Bonchev–Trinajstić information content (AvgIpc) is 2.31. The van der Waals surface area contributed by atoms with E-state index in [4.69, 9.17) is 4.74 Å². The van der Waals surface area contributed by atoms with Crippen LogP contribution in [-0.2, 0) is 0 Å². The lowest BCUT2D eigenvalue weighted by molar-refractivity contribution is 0.286. The number of hydrogen-bond donors (Lipinski definition) is 0. The molecule has 0 bridgehead atoms. The number of allylic oxidation sites excluding steroid dienone is 3. The van der Waals surface area contributed by atoms with Crippen molar-refractivity contribution in [3.05, 3.63) is 65.8 Å². The Morgan fingerprint density at radius 1 is 1.06 bits per heavy atom. The second-order valence-electron chi connectivity index (χ2n) is 4.05. The first-order valence-corrected chi connectivity index (χ1v) is 5.51. The zero-order valence-corrected chi connectivity index (χ0v) is 9.68. The Balaban J connectivity index is 2.19. The van der Waals surface area contributed by atoms with Crippen molar-refractivity contribution in [3.8, 4) is 5.75 Å². The topological polar surface area (TPSA) is 9.23 Å². The highest BCUT2D eigenvalue weighted by molar-refractivity contribution is 5.39. The van der Waals surface area contributed by atoms with E-state index >= 15 is 0 Å². The molecule has 2 rings (SSSR count). The molecule has 1 unspecified atom stereocenters. The predicted octanol–water partition coefficient (Wildman–Crippen LogP) is 3.90. The fraction of sp³-hybridized carbons (Fsp3) is 0.200. The maximum absolute atomic E-state index is 5.93. The highest BCUT2D eigenvalue weighted by Crippen LogP contribution is 2.21. The maximum Gasteiger partial charge on any atom is 0.142 e. The minimum absolute atomic E-state index is 0.0393. The molecule has 0 aliphatic heterocycles. The Hall–Kier alpha value is -1.76.